The first-order valence-corrected chi connectivity index (χ1v) is 9.39. The number of nitrogens with zero attached hydrogens (tertiary/aromatic N) is 1. The van der Waals surface area contributed by atoms with Gasteiger partial charge in [0, 0.05) is 23.1 Å². The summed E-state index contributed by atoms with van der Waals surface area (Å²) in [7, 11) is 0. The predicted octanol–water partition coefficient (Wildman–Crippen LogP) is 4.82. The van der Waals surface area contributed by atoms with Crippen molar-refractivity contribution in [2.75, 3.05) is 5.73 Å². The molecule has 0 amide bonds. The van der Waals surface area contributed by atoms with Crippen LogP contribution in [-0.2, 0) is 6.42 Å². The maximum absolute atomic E-state index is 13.5. The number of nitrogen functional groups attached to an aromatic ring is 1. The molecule has 0 fully saturated rings. The third kappa shape index (κ3) is 4.87. The molecule has 1 heterocycles. The van der Waals surface area contributed by atoms with E-state index in [-0.39, 0.29) is 5.92 Å². The van der Waals surface area contributed by atoms with Gasteiger partial charge >= 0.3 is 0 Å². The van der Waals surface area contributed by atoms with Gasteiger partial charge in [0.25, 0.3) is 0 Å². The molecule has 3 aromatic rings. The van der Waals surface area contributed by atoms with Crippen LogP contribution in [-0.4, -0.2) is 15.1 Å². The van der Waals surface area contributed by atoms with Gasteiger partial charge < -0.3 is 15.8 Å². The molecule has 0 aliphatic carbocycles. The molecule has 7 heteroatoms. The monoisotopic (exact) mass is 389 g/mol. The lowest BCUT2D eigenvalue weighted by atomic mass is 10.1. The molecule has 2 aromatic carbocycles. The summed E-state index contributed by atoms with van der Waals surface area (Å²) in [6, 6.07) is 10.7. The van der Waals surface area contributed by atoms with Crippen molar-refractivity contribution in [2.45, 2.75) is 42.2 Å². The second-order valence-corrected chi connectivity index (χ2v) is 7.73. The van der Waals surface area contributed by atoms with Crippen LogP contribution < -0.4 is 5.73 Å². The number of hydrogen-bond acceptors (Lipinski definition) is 4. The summed E-state index contributed by atoms with van der Waals surface area (Å²) < 4.78 is 26.9. The van der Waals surface area contributed by atoms with Gasteiger partial charge in [-0.3, -0.25) is 0 Å². The van der Waals surface area contributed by atoms with Gasteiger partial charge in [0.2, 0.25) is 0 Å². The maximum Gasteiger partial charge on any atom is 0.136 e. The van der Waals surface area contributed by atoms with Crippen molar-refractivity contribution >= 4 is 17.4 Å². The summed E-state index contributed by atoms with van der Waals surface area (Å²) in [5, 5.41) is 11.2. The van der Waals surface area contributed by atoms with Crippen LogP contribution in [0.1, 0.15) is 43.0 Å². The van der Waals surface area contributed by atoms with Gasteiger partial charge in [0.1, 0.15) is 28.6 Å². The molecule has 0 aliphatic heterocycles. The number of nitrogens with one attached hydrogen (secondary N) is 1. The zero-order valence-corrected chi connectivity index (χ0v) is 15.9. The van der Waals surface area contributed by atoms with Crippen LogP contribution in [0, 0.1) is 11.6 Å². The van der Waals surface area contributed by atoms with Crippen molar-refractivity contribution in [3.8, 4) is 0 Å². The number of benzene rings is 2. The van der Waals surface area contributed by atoms with Gasteiger partial charge in [-0.15, -0.1) is 0 Å². The Balaban J connectivity index is 1.86. The van der Waals surface area contributed by atoms with Crippen LogP contribution in [0.5, 0.6) is 0 Å². The van der Waals surface area contributed by atoms with E-state index in [1.54, 1.807) is 12.1 Å². The molecule has 4 N–H and O–H groups in total. The Morgan fingerprint density at radius 1 is 1.15 bits per heavy atom. The normalized spacial score (nSPS) is 12.5. The lowest BCUT2D eigenvalue weighted by Gasteiger charge is -2.08. The first-order chi connectivity index (χ1) is 12.8. The zero-order valence-electron chi connectivity index (χ0n) is 15.0. The van der Waals surface area contributed by atoms with Crippen LogP contribution in [0.4, 0.5) is 14.5 Å². The third-order valence-corrected chi connectivity index (χ3v) is 5.01. The van der Waals surface area contributed by atoms with Crippen LogP contribution in [0.25, 0.3) is 0 Å². The van der Waals surface area contributed by atoms with E-state index in [2.05, 4.69) is 9.97 Å². The molecule has 0 radical (unpaired) electrons. The molecule has 1 aromatic heterocycles. The molecular weight excluding hydrogens is 368 g/mol. The smallest absolute Gasteiger partial charge is 0.136 e. The van der Waals surface area contributed by atoms with E-state index in [0.29, 0.717) is 27.9 Å². The quantitative estimate of drug-likeness (QED) is 0.528. The molecule has 1 atom stereocenters. The van der Waals surface area contributed by atoms with E-state index in [9.17, 15) is 13.9 Å². The van der Waals surface area contributed by atoms with E-state index in [1.807, 2.05) is 26.0 Å². The molecule has 0 spiro atoms. The van der Waals surface area contributed by atoms with Crippen molar-refractivity contribution in [1.82, 2.24) is 9.97 Å². The Kier molecular flexibility index (Phi) is 5.82. The summed E-state index contributed by atoms with van der Waals surface area (Å²) in [5.74, 6) is -0.755. The molecule has 4 nitrogen and oxygen atoms in total. The fourth-order valence-corrected chi connectivity index (χ4v) is 3.86. The van der Waals surface area contributed by atoms with Gasteiger partial charge in [-0.05, 0) is 35.7 Å². The second-order valence-electron chi connectivity index (χ2n) is 6.67. The predicted molar refractivity (Wildman–Crippen MR) is 103 cm³/mol. The number of nitrogens with two attached hydrogens (primary N) is 1. The highest BCUT2D eigenvalue weighted by molar-refractivity contribution is 7.99. The fourth-order valence-electron chi connectivity index (χ4n) is 2.76. The zero-order chi connectivity index (χ0) is 19.6. The summed E-state index contributed by atoms with van der Waals surface area (Å²) in [6.45, 7) is 3.97. The van der Waals surface area contributed by atoms with Gasteiger partial charge in [0.05, 0.1) is 5.69 Å². The number of hydrogen-bond donors (Lipinski definition) is 3. The lowest BCUT2D eigenvalue weighted by molar-refractivity contribution is 0.169. The Morgan fingerprint density at radius 2 is 1.85 bits per heavy atom. The summed E-state index contributed by atoms with van der Waals surface area (Å²) in [6.07, 6.45) is -0.489. The molecule has 0 bridgehead atoms. The number of imidazole rings is 1. The lowest BCUT2D eigenvalue weighted by Crippen LogP contribution is -2.04. The van der Waals surface area contributed by atoms with Crippen LogP contribution >= 0.6 is 11.8 Å². The molecular formula is C20H21F2N3OS. The third-order valence-electron chi connectivity index (χ3n) is 4.04. The molecule has 0 saturated carbocycles. The first kappa shape index (κ1) is 19.4. The van der Waals surface area contributed by atoms with E-state index in [4.69, 9.17) is 5.73 Å². The van der Waals surface area contributed by atoms with Crippen molar-refractivity contribution in [3.05, 3.63) is 71.2 Å². The highest BCUT2D eigenvalue weighted by Gasteiger charge is 2.20. The SMILES string of the molecule is CC(C)c1[nH]c(C(O)Cc2cccc(N)c2)nc1Sc1cc(F)cc(F)c1. The topological polar surface area (TPSA) is 74.9 Å². The van der Waals surface area contributed by atoms with Crippen molar-refractivity contribution < 1.29 is 13.9 Å². The number of aromatic nitrogens is 2. The number of aliphatic hydroxyl groups excluding tert-OH is 1. The van der Waals surface area contributed by atoms with Gasteiger partial charge in [-0.1, -0.05) is 37.7 Å². The minimum atomic E-state index is -0.845. The second kappa shape index (κ2) is 8.10. The van der Waals surface area contributed by atoms with Crippen LogP contribution in [0.15, 0.2) is 52.4 Å². The number of anilines is 1. The number of aliphatic hydroxyl groups is 1. The molecule has 142 valence electrons. The first-order valence-electron chi connectivity index (χ1n) is 8.58. The molecule has 27 heavy (non-hydrogen) atoms. The van der Waals surface area contributed by atoms with Crippen LogP contribution in [0.3, 0.4) is 0 Å². The molecule has 0 saturated heterocycles. The Morgan fingerprint density at radius 3 is 2.48 bits per heavy atom. The average Bonchev–Trinajstić information content (AvgIpc) is 2.98. The number of aromatic amines is 1. The van der Waals surface area contributed by atoms with Gasteiger partial charge in [-0.2, -0.15) is 0 Å². The van der Waals surface area contributed by atoms with E-state index in [1.165, 1.54) is 12.1 Å². The van der Waals surface area contributed by atoms with Crippen molar-refractivity contribution in [2.24, 2.45) is 0 Å². The Hall–Kier alpha value is -2.38. The standard InChI is InChI=1S/C20H21F2N3OS/c1-11(2)18-20(27-16-9-13(21)8-14(22)10-16)25-19(24-18)17(26)7-12-4-3-5-15(23)6-12/h3-6,8-11,17,26H,7,23H2,1-2H3,(H,24,25). The van der Waals surface area contributed by atoms with E-state index < -0.39 is 17.7 Å². The molecule has 1 unspecified atom stereocenters. The number of H-pyrrole nitrogens is 1. The van der Waals surface area contributed by atoms with Gasteiger partial charge in [-0.25, -0.2) is 13.8 Å². The average molecular weight is 389 g/mol. The summed E-state index contributed by atoms with van der Waals surface area (Å²) in [5.41, 5.74) is 8.12. The summed E-state index contributed by atoms with van der Waals surface area (Å²) in [4.78, 5) is 8.07. The number of rotatable bonds is 6. The highest BCUT2D eigenvalue weighted by atomic mass is 32.2. The highest BCUT2D eigenvalue weighted by Crippen LogP contribution is 2.34. The van der Waals surface area contributed by atoms with Crippen LogP contribution in [0.2, 0.25) is 0 Å². The van der Waals surface area contributed by atoms with Gasteiger partial charge in [0.15, 0.2) is 0 Å². The van der Waals surface area contributed by atoms with E-state index >= 15 is 0 Å². The largest absolute Gasteiger partial charge is 0.399 e. The molecule has 3 rings (SSSR count). The minimum absolute atomic E-state index is 0.103. The minimum Gasteiger partial charge on any atom is -0.399 e. The Bertz CT molecular complexity index is 922. The summed E-state index contributed by atoms with van der Waals surface area (Å²) >= 11 is 1.16. The fraction of sp³-hybridized carbons (Fsp3) is 0.250. The van der Waals surface area contributed by atoms with E-state index in [0.717, 1.165) is 29.1 Å². The Labute approximate surface area is 160 Å². The van der Waals surface area contributed by atoms with Crippen molar-refractivity contribution in [3.63, 3.8) is 0 Å². The van der Waals surface area contributed by atoms with Crippen molar-refractivity contribution in [1.29, 1.82) is 0 Å². The molecule has 0 aliphatic rings. The maximum atomic E-state index is 13.5. The number of halogens is 2.